The number of rotatable bonds is 5. The van der Waals surface area contributed by atoms with Gasteiger partial charge in [0, 0.05) is 17.3 Å². The summed E-state index contributed by atoms with van der Waals surface area (Å²) in [5.41, 5.74) is 4.38. The van der Waals surface area contributed by atoms with E-state index in [2.05, 4.69) is 50.4 Å². The fourth-order valence-electron chi connectivity index (χ4n) is 4.39. The molecule has 0 aliphatic carbocycles. The molecule has 1 fully saturated rings. The molecule has 4 rings (SSSR count). The van der Waals surface area contributed by atoms with Crippen LogP contribution >= 0.6 is 11.6 Å². The highest BCUT2D eigenvalue weighted by Crippen LogP contribution is 2.36. The molecule has 1 N–H and O–H groups in total. The molecule has 2 atom stereocenters. The predicted octanol–water partition coefficient (Wildman–Crippen LogP) is 7.15. The summed E-state index contributed by atoms with van der Waals surface area (Å²) >= 11 is 6.09. The average molecular weight is 447 g/mol. The van der Waals surface area contributed by atoms with Crippen molar-refractivity contribution in [2.75, 3.05) is 11.9 Å². The Hall–Kier alpha value is -2.78. The highest BCUT2D eigenvalue weighted by molar-refractivity contribution is 6.30. The van der Waals surface area contributed by atoms with Gasteiger partial charge in [-0.05, 0) is 59.2 Å². The summed E-state index contributed by atoms with van der Waals surface area (Å²) < 4.78 is 0. The fourth-order valence-corrected chi connectivity index (χ4v) is 4.52. The molecule has 0 aromatic heterocycles. The van der Waals surface area contributed by atoms with Crippen molar-refractivity contribution in [3.63, 3.8) is 0 Å². The van der Waals surface area contributed by atoms with E-state index in [1.807, 2.05) is 59.5 Å². The van der Waals surface area contributed by atoms with Crippen molar-refractivity contribution in [2.45, 2.75) is 51.1 Å². The lowest BCUT2D eigenvalue weighted by molar-refractivity contribution is -0.133. The lowest BCUT2D eigenvalue weighted by Crippen LogP contribution is -2.37. The molecule has 2 unspecified atom stereocenters. The third kappa shape index (κ3) is 4.99. The van der Waals surface area contributed by atoms with Crippen LogP contribution in [0.5, 0.6) is 0 Å². The molecule has 0 saturated carbocycles. The molecule has 3 aromatic carbocycles. The van der Waals surface area contributed by atoms with Crippen LogP contribution in [0.15, 0.2) is 78.9 Å². The minimum absolute atomic E-state index is 0.0690. The summed E-state index contributed by atoms with van der Waals surface area (Å²) in [5, 5.41) is 4.21. The molecule has 0 bridgehead atoms. The zero-order chi connectivity index (χ0) is 22.7. The first-order chi connectivity index (χ1) is 15.3. The number of benzene rings is 3. The van der Waals surface area contributed by atoms with Gasteiger partial charge in [0.15, 0.2) is 0 Å². The molecule has 3 nitrogen and oxygen atoms in total. The first kappa shape index (κ1) is 22.4. The first-order valence-corrected chi connectivity index (χ1v) is 11.7. The zero-order valence-electron chi connectivity index (χ0n) is 19.0. The van der Waals surface area contributed by atoms with Gasteiger partial charge in [-0.15, -0.1) is 0 Å². The molecule has 1 heterocycles. The fraction of sp³-hybridized carbons (Fsp3) is 0.321. The highest BCUT2D eigenvalue weighted by atomic mass is 35.5. The lowest BCUT2D eigenvalue weighted by Gasteiger charge is -2.31. The number of carbonyl (C=O) groups excluding carboxylic acids is 1. The molecule has 1 amide bonds. The van der Waals surface area contributed by atoms with Crippen molar-refractivity contribution < 1.29 is 4.79 Å². The topological polar surface area (TPSA) is 32.3 Å². The average Bonchev–Trinajstić information content (AvgIpc) is 3.28. The van der Waals surface area contributed by atoms with E-state index < -0.39 is 6.04 Å². The third-order valence-electron chi connectivity index (χ3n) is 6.23. The van der Waals surface area contributed by atoms with Crippen LogP contribution in [0.25, 0.3) is 0 Å². The quantitative estimate of drug-likeness (QED) is 0.451. The van der Waals surface area contributed by atoms with E-state index in [1.54, 1.807) is 0 Å². The molecule has 1 aliphatic rings. The normalized spacial score (nSPS) is 17.2. The van der Waals surface area contributed by atoms with E-state index in [1.165, 1.54) is 5.56 Å². The van der Waals surface area contributed by atoms with Crippen LogP contribution in [-0.4, -0.2) is 17.4 Å². The van der Waals surface area contributed by atoms with Crippen LogP contribution in [-0.2, 0) is 10.2 Å². The number of carbonyl (C=O) groups is 1. The summed E-state index contributed by atoms with van der Waals surface area (Å²) in [7, 11) is 0. The zero-order valence-corrected chi connectivity index (χ0v) is 19.8. The first-order valence-electron chi connectivity index (χ1n) is 11.3. The highest BCUT2D eigenvalue weighted by Gasteiger charge is 2.35. The number of halogens is 1. The van der Waals surface area contributed by atoms with E-state index in [0.29, 0.717) is 5.02 Å². The third-order valence-corrected chi connectivity index (χ3v) is 6.48. The maximum Gasteiger partial charge on any atom is 0.250 e. The molecular weight excluding hydrogens is 416 g/mol. The van der Waals surface area contributed by atoms with Crippen molar-refractivity contribution in [1.82, 2.24) is 4.90 Å². The van der Waals surface area contributed by atoms with Crippen molar-refractivity contribution in [2.24, 2.45) is 0 Å². The minimum atomic E-state index is -0.445. The number of hydrogen-bond acceptors (Lipinski definition) is 2. The number of nitrogens with zero attached hydrogens (tertiary/aromatic N) is 1. The second kappa shape index (κ2) is 9.38. The Morgan fingerprint density at radius 3 is 2.25 bits per heavy atom. The van der Waals surface area contributed by atoms with Gasteiger partial charge in [-0.3, -0.25) is 4.79 Å². The molecule has 166 valence electrons. The number of hydrogen-bond donors (Lipinski definition) is 1. The van der Waals surface area contributed by atoms with Crippen molar-refractivity contribution in [3.05, 3.63) is 101 Å². The van der Waals surface area contributed by atoms with Gasteiger partial charge in [-0.25, -0.2) is 0 Å². The Balaban J connectivity index is 1.65. The van der Waals surface area contributed by atoms with Gasteiger partial charge in [-0.2, -0.15) is 0 Å². The van der Waals surface area contributed by atoms with Crippen molar-refractivity contribution in [3.8, 4) is 0 Å². The molecule has 0 radical (unpaired) electrons. The monoisotopic (exact) mass is 446 g/mol. The van der Waals surface area contributed by atoms with Crippen LogP contribution in [0.2, 0.25) is 5.02 Å². The molecule has 3 aromatic rings. The van der Waals surface area contributed by atoms with Gasteiger partial charge in [0.1, 0.15) is 6.04 Å². The van der Waals surface area contributed by atoms with Gasteiger partial charge in [0.05, 0.1) is 6.04 Å². The number of anilines is 1. The Labute approximate surface area is 196 Å². The van der Waals surface area contributed by atoms with Crippen LogP contribution in [0.3, 0.4) is 0 Å². The molecule has 0 spiro atoms. The number of para-hydroxylation sites is 1. The van der Waals surface area contributed by atoms with Gasteiger partial charge < -0.3 is 10.2 Å². The second-order valence-electron chi connectivity index (χ2n) is 9.56. The van der Waals surface area contributed by atoms with E-state index in [9.17, 15) is 4.79 Å². The van der Waals surface area contributed by atoms with Crippen molar-refractivity contribution in [1.29, 1.82) is 0 Å². The van der Waals surface area contributed by atoms with Crippen LogP contribution in [0, 0.1) is 0 Å². The van der Waals surface area contributed by atoms with E-state index in [-0.39, 0.29) is 17.4 Å². The summed E-state index contributed by atoms with van der Waals surface area (Å²) in [6.07, 6.45) is 1.97. The standard InChI is InChI=1S/C28H31ClN2O/c1-28(2,3)22-15-11-21(12-16-22)26(30-24-8-5-4-6-9-24)27(32)31-19-7-10-25(31)20-13-17-23(29)18-14-20/h4-6,8-9,11-18,25-26,30H,7,10,19H2,1-3H3. The Bertz CT molecular complexity index is 1040. The molecular formula is C28H31ClN2O. The summed E-state index contributed by atoms with van der Waals surface area (Å²) in [5.74, 6) is 0.106. The number of likely N-dealkylation sites (tertiary alicyclic amines) is 1. The van der Waals surface area contributed by atoms with Gasteiger partial charge in [-0.1, -0.05) is 87.0 Å². The predicted molar refractivity (Wildman–Crippen MR) is 133 cm³/mol. The molecule has 4 heteroatoms. The summed E-state index contributed by atoms with van der Waals surface area (Å²) in [6.45, 7) is 7.37. The minimum Gasteiger partial charge on any atom is -0.370 e. The van der Waals surface area contributed by atoms with Crippen LogP contribution in [0.4, 0.5) is 5.69 Å². The lowest BCUT2D eigenvalue weighted by atomic mass is 9.86. The molecule has 1 aliphatic heterocycles. The molecule has 1 saturated heterocycles. The van der Waals surface area contributed by atoms with Gasteiger partial charge in [0.25, 0.3) is 0 Å². The SMILES string of the molecule is CC(C)(C)c1ccc(C(Nc2ccccc2)C(=O)N2CCCC2c2ccc(Cl)cc2)cc1. The van der Waals surface area contributed by atoms with E-state index in [4.69, 9.17) is 11.6 Å². The maximum atomic E-state index is 13.9. The van der Waals surface area contributed by atoms with Gasteiger partial charge >= 0.3 is 0 Å². The molecule has 32 heavy (non-hydrogen) atoms. The smallest absolute Gasteiger partial charge is 0.250 e. The Morgan fingerprint density at radius 1 is 0.969 bits per heavy atom. The number of nitrogens with one attached hydrogen (secondary N) is 1. The maximum absolute atomic E-state index is 13.9. The Morgan fingerprint density at radius 2 is 1.62 bits per heavy atom. The largest absolute Gasteiger partial charge is 0.370 e. The van der Waals surface area contributed by atoms with E-state index in [0.717, 1.165) is 36.2 Å². The van der Waals surface area contributed by atoms with Crippen molar-refractivity contribution >= 4 is 23.2 Å². The Kier molecular flexibility index (Phi) is 6.57. The summed E-state index contributed by atoms with van der Waals surface area (Å²) in [4.78, 5) is 15.9. The van der Waals surface area contributed by atoms with Gasteiger partial charge in [0.2, 0.25) is 5.91 Å². The van der Waals surface area contributed by atoms with E-state index >= 15 is 0 Å². The van der Waals surface area contributed by atoms with Crippen LogP contribution in [0.1, 0.15) is 62.4 Å². The van der Waals surface area contributed by atoms with Crippen LogP contribution < -0.4 is 5.32 Å². The second-order valence-corrected chi connectivity index (χ2v) is 9.99. The summed E-state index contributed by atoms with van der Waals surface area (Å²) in [6, 6.07) is 25.9. The number of amides is 1.